The van der Waals surface area contributed by atoms with Gasteiger partial charge in [0, 0.05) is 5.69 Å². The molecule has 2 atom stereocenters. The van der Waals surface area contributed by atoms with Crippen LogP contribution in [0.15, 0.2) is 54.6 Å². The number of anilines is 2. The van der Waals surface area contributed by atoms with Gasteiger partial charge in [0.15, 0.2) is 6.61 Å². The highest BCUT2D eigenvalue weighted by Crippen LogP contribution is 2.37. The molecule has 1 N–H and O–H groups in total. The van der Waals surface area contributed by atoms with Gasteiger partial charge in [0.1, 0.15) is 0 Å². The number of fused-ring (bicyclic) bond motifs is 1. The molecule has 2 aliphatic rings. The van der Waals surface area contributed by atoms with Crippen LogP contribution in [0.4, 0.5) is 11.4 Å². The van der Waals surface area contributed by atoms with Gasteiger partial charge in [0.25, 0.3) is 5.91 Å². The number of nitrogens with zero attached hydrogens (tertiary/aromatic N) is 1. The van der Waals surface area contributed by atoms with Crippen LogP contribution in [0.5, 0.6) is 0 Å². The van der Waals surface area contributed by atoms with Gasteiger partial charge >= 0.3 is 5.97 Å². The van der Waals surface area contributed by atoms with Crippen molar-refractivity contribution in [2.24, 2.45) is 11.8 Å². The summed E-state index contributed by atoms with van der Waals surface area (Å²) < 4.78 is 5.14. The first-order valence-electron chi connectivity index (χ1n) is 10.5. The number of benzene rings is 2. The summed E-state index contributed by atoms with van der Waals surface area (Å²) in [6.07, 6.45) is 4.94. The van der Waals surface area contributed by atoms with E-state index >= 15 is 0 Å². The summed E-state index contributed by atoms with van der Waals surface area (Å²) in [7, 11) is 0. The van der Waals surface area contributed by atoms with Crippen LogP contribution in [-0.2, 0) is 19.1 Å². The van der Waals surface area contributed by atoms with Crippen LogP contribution in [-0.4, -0.2) is 30.3 Å². The highest BCUT2D eigenvalue weighted by Gasteiger charge is 2.47. The minimum Gasteiger partial charge on any atom is -0.452 e. The fraction of sp³-hybridized carbons (Fsp3) is 0.280. The number of carbonyl (C=O) groups excluding carboxylic acids is 4. The van der Waals surface area contributed by atoms with E-state index in [1.807, 2.05) is 38.1 Å². The standard InChI is InChI=1S/C25H24N2O5/c1-15-10-11-21(16(2)12-15)26-22(28)14-32-25(31)17-6-5-7-18(13-17)27-23(29)19-8-3-4-9-20(19)24(27)30/h3-7,10-13,19-20H,8-9,14H2,1-2H3,(H,26,28)/t19-,20+. The second-order valence-corrected chi connectivity index (χ2v) is 8.16. The molecule has 1 saturated heterocycles. The Labute approximate surface area is 186 Å². The van der Waals surface area contributed by atoms with Gasteiger partial charge < -0.3 is 10.1 Å². The van der Waals surface area contributed by atoms with E-state index in [2.05, 4.69) is 5.32 Å². The minimum absolute atomic E-state index is 0.162. The van der Waals surface area contributed by atoms with Gasteiger partial charge in [0.2, 0.25) is 11.8 Å². The quantitative estimate of drug-likeness (QED) is 0.443. The number of ether oxygens (including phenoxy) is 1. The highest BCUT2D eigenvalue weighted by atomic mass is 16.5. The summed E-state index contributed by atoms with van der Waals surface area (Å²) in [5.41, 5.74) is 3.14. The molecule has 0 aromatic heterocycles. The zero-order valence-electron chi connectivity index (χ0n) is 18.0. The normalized spacial score (nSPS) is 19.6. The average molecular weight is 432 g/mol. The van der Waals surface area contributed by atoms with Crippen LogP contribution in [0.3, 0.4) is 0 Å². The fourth-order valence-corrected chi connectivity index (χ4v) is 4.18. The van der Waals surface area contributed by atoms with Crippen molar-refractivity contribution in [1.29, 1.82) is 0 Å². The van der Waals surface area contributed by atoms with E-state index in [0.717, 1.165) is 16.0 Å². The second kappa shape index (κ2) is 8.78. The Morgan fingerprint density at radius 1 is 1.00 bits per heavy atom. The van der Waals surface area contributed by atoms with Gasteiger partial charge in [-0.3, -0.25) is 19.3 Å². The highest BCUT2D eigenvalue weighted by molar-refractivity contribution is 6.22. The van der Waals surface area contributed by atoms with Crippen LogP contribution in [0, 0.1) is 25.7 Å². The molecule has 4 rings (SSSR count). The summed E-state index contributed by atoms with van der Waals surface area (Å²) in [6, 6.07) is 11.8. The fourth-order valence-electron chi connectivity index (χ4n) is 4.18. The molecule has 7 nitrogen and oxygen atoms in total. The molecule has 7 heteroatoms. The molecule has 32 heavy (non-hydrogen) atoms. The molecule has 3 amide bonds. The van der Waals surface area contributed by atoms with Crippen molar-refractivity contribution in [3.8, 4) is 0 Å². The molecule has 1 heterocycles. The van der Waals surface area contributed by atoms with E-state index < -0.39 is 18.5 Å². The predicted molar refractivity (Wildman–Crippen MR) is 119 cm³/mol. The molecular weight excluding hydrogens is 408 g/mol. The van der Waals surface area contributed by atoms with Crippen molar-refractivity contribution in [3.05, 3.63) is 71.3 Å². The first-order chi connectivity index (χ1) is 15.3. The van der Waals surface area contributed by atoms with E-state index in [1.54, 1.807) is 18.2 Å². The number of carbonyl (C=O) groups is 4. The predicted octanol–water partition coefficient (Wildman–Crippen LogP) is 3.55. The summed E-state index contributed by atoms with van der Waals surface area (Å²) in [4.78, 5) is 51.4. The van der Waals surface area contributed by atoms with Crippen molar-refractivity contribution in [2.75, 3.05) is 16.8 Å². The Morgan fingerprint density at radius 3 is 2.34 bits per heavy atom. The van der Waals surface area contributed by atoms with Gasteiger partial charge in [-0.05, 0) is 56.5 Å². The monoisotopic (exact) mass is 432 g/mol. The first-order valence-corrected chi connectivity index (χ1v) is 10.5. The number of nitrogens with one attached hydrogen (secondary N) is 1. The number of imide groups is 1. The summed E-state index contributed by atoms with van der Waals surface area (Å²) >= 11 is 0. The molecular formula is C25H24N2O5. The number of aryl methyl sites for hydroxylation is 2. The van der Waals surface area contributed by atoms with E-state index in [-0.39, 0.29) is 29.2 Å². The van der Waals surface area contributed by atoms with E-state index in [9.17, 15) is 19.2 Å². The van der Waals surface area contributed by atoms with Crippen LogP contribution >= 0.6 is 0 Å². The molecule has 1 fully saturated rings. The van der Waals surface area contributed by atoms with Gasteiger partial charge in [-0.15, -0.1) is 0 Å². The lowest BCUT2D eigenvalue weighted by molar-refractivity contribution is -0.122. The molecule has 1 aliphatic carbocycles. The van der Waals surface area contributed by atoms with Gasteiger partial charge in [-0.2, -0.15) is 0 Å². The maximum absolute atomic E-state index is 12.8. The summed E-state index contributed by atoms with van der Waals surface area (Å²) in [5, 5.41) is 2.72. The third-order valence-electron chi connectivity index (χ3n) is 5.84. The largest absolute Gasteiger partial charge is 0.452 e. The number of esters is 1. The number of amides is 3. The van der Waals surface area contributed by atoms with Gasteiger partial charge in [0.05, 0.1) is 23.1 Å². The topological polar surface area (TPSA) is 92.8 Å². The Hall–Kier alpha value is -3.74. The molecule has 0 unspecified atom stereocenters. The minimum atomic E-state index is -0.708. The smallest absolute Gasteiger partial charge is 0.338 e. The molecule has 2 aromatic carbocycles. The molecule has 1 aliphatic heterocycles. The van der Waals surface area contributed by atoms with Crippen molar-refractivity contribution in [3.63, 3.8) is 0 Å². The number of rotatable bonds is 5. The van der Waals surface area contributed by atoms with Crippen LogP contribution < -0.4 is 10.2 Å². The average Bonchev–Trinajstić information content (AvgIpc) is 3.04. The van der Waals surface area contributed by atoms with E-state index in [4.69, 9.17) is 4.74 Å². The molecule has 0 saturated carbocycles. The molecule has 0 radical (unpaired) electrons. The maximum atomic E-state index is 12.8. The summed E-state index contributed by atoms with van der Waals surface area (Å²) in [5.74, 6) is -2.36. The zero-order valence-corrected chi connectivity index (χ0v) is 18.0. The summed E-state index contributed by atoms with van der Waals surface area (Å²) in [6.45, 7) is 3.39. The SMILES string of the molecule is Cc1ccc(NC(=O)COC(=O)c2cccc(N3C(=O)[C@H]4CC=CC[C@H]4C3=O)c2)c(C)c1. The van der Waals surface area contributed by atoms with Crippen molar-refractivity contribution >= 4 is 35.1 Å². The van der Waals surface area contributed by atoms with Gasteiger partial charge in [-0.1, -0.05) is 35.9 Å². The molecule has 164 valence electrons. The first kappa shape index (κ1) is 21.5. The number of allylic oxidation sites excluding steroid dienone is 2. The lowest BCUT2D eigenvalue weighted by Gasteiger charge is -2.15. The van der Waals surface area contributed by atoms with Crippen LogP contribution in [0.25, 0.3) is 0 Å². The third kappa shape index (κ3) is 4.19. The lowest BCUT2D eigenvalue weighted by Crippen LogP contribution is -2.31. The number of hydrogen-bond acceptors (Lipinski definition) is 5. The van der Waals surface area contributed by atoms with Crippen molar-refractivity contribution in [1.82, 2.24) is 0 Å². The third-order valence-corrected chi connectivity index (χ3v) is 5.84. The zero-order chi connectivity index (χ0) is 22.8. The van der Waals surface area contributed by atoms with Crippen molar-refractivity contribution in [2.45, 2.75) is 26.7 Å². The van der Waals surface area contributed by atoms with E-state index in [1.165, 1.54) is 12.1 Å². The lowest BCUT2D eigenvalue weighted by atomic mass is 9.85. The number of hydrogen-bond donors (Lipinski definition) is 1. The van der Waals surface area contributed by atoms with Gasteiger partial charge in [-0.25, -0.2) is 4.79 Å². The van der Waals surface area contributed by atoms with Crippen LogP contribution in [0.2, 0.25) is 0 Å². The van der Waals surface area contributed by atoms with Crippen LogP contribution in [0.1, 0.15) is 34.3 Å². The Kier molecular flexibility index (Phi) is 5.90. The Balaban J connectivity index is 1.41. The van der Waals surface area contributed by atoms with E-state index in [0.29, 0.717) is 24.2 Å². The maximum Gasteiger partial charge on any atom is 0.338 e. The van der Waals surface area contributed by atoms with Crippen molar-refractivity contribution < 1.29 is 23.9 Å². The Morgan fingerprint density at radius 2 is 1.69 bits per heavy atom. The molecule has 0 bridgehead atoms. The second-order valence-electron chi connectivity index (χ2n) is 8.16. The Bertz CT molecular complexity index is 1110. The molecule has 0 spiro atoms. The molecule has 2 aromatic rings.